The summed E-state index contributed by atoms with van der Waals surface area (Å²) in [4.78, 5) is 19.5. The fourth-order valence-corrected chi connectivity index (χ4v) is 1.33. The van der Waals surface area contributed by atoms with Crippen molar-refractivity contribution < 1.29 is 13.6 Å². The van der Waals surface area contributed by atoms with Crippen molar-refractivity contribution in [1.29, 1.82) is 0 Å². The smallest absolute Gasteiger partial charge is 0.230 e. The van der Waals surface area contributed by atoms with Crippen molar-refractivity contribution in [2.45, 2.75) is 0 Å². The van der Waals surface area contributed by atoms with E-state index in [9.17, 15) is 13.6 Å². The molecule has 0 fully saturated rings. The molecule has 0 aliphatic heterocycles. The van der Waals surface area contributed by atoms with Crippen molar-refractivity contribution in [3.8, 4) is 0 Å². The zero-order chi connectivity index (χ0) is 13.1. The summed E-state index contributed by atoms with van der Waals surface area (Å²) < 4.78 is 25.7. The van der Waals surface area contributed by atoms with Crippen LogP contribution in [0.4, 0.5) is 8.78 Å². The van der Waals surface area contributed by atoms with Crippen LogP contribution in [-0.4, -0.2) is 15.8 Å². The lowest BCUT2D eigenvalue weighted by Gasteiger charge is -2.01. The first-order valence-electron chi connectivity index (χ1n) is 5.06. The third kappa shape index (κ3) is 2.29. The Morgan fingerprint density at radius 2 is 1.83 bits per heavy atom. The number of carbonyl (C=O) groups is 1. The second-order valence-electron chi connectivity index (χ2n) is 3.50. The summed E-state index contributed by atoms with van der Waals surface area (Å²) in [6.07, 6.45) is 4.38. The fraction of sp³-hybridized carbons (Fsp3) is 0. The molecule has 0 spiro atoms. The Bertz CT molecular complexity index is 609. The lowest BCUT2D eigenvalue weighted by Crippen LogP contribution is -2.07. The normalized spacial score (nSPS) is 10.1. The first-order chi connectivity index (χ1) is 8.61. The number of benzene rings is 1. The zero-order valence-electron chi connectivity index (χ0n) is 9.23. The van der Waals surface area contributed by atoms with Crippen molar-refractivity contribution in [3.63, 3.8) is 0 Å². The third-order valence-corrected chi connectivity index (χ3v) is 2.29. The number of nitrogens with zero attached hydrogens (tertiary/aromatic N) is 2. The van der Waals surface area contributed by atoms with Crippen LogP contribution < -0.4 is 0 Å². The molecule has 0 atom stereocenters. The van der Waals surface area contributed by atoms with Crippen molar-refractivity contribution >= 4 is 11.9 Å². The van der Waals surface area contributed by atoms with E-state index in [4.69, 9.17) is 0 Å². The molecular formula is C13H8F2N2O. The predicted molar refractivity (Wildman–Crippen MR) is 61.9 cm³/mol. The summed E-state index contributed by atoms with van der Waals surface area (Å²) in [6, 6.07) is 2.90. The summed E-state index contributed by atoms with van der Waals surface area (Å²) in [5.41, 5.74) is 0.664. The van der Waals surface area contributed by atoms with Crippen LogP contribution >= 0.6 is 0 Å². The third-order valence-electron chi connectivity index (χ3n) is 2.29. The molecule has 2 rings (SSSR count). The largest absolute Gasteiger partial charge is 0.285 e. The lowest BCUT2D eigenvalue weighted by molar-refractivity contribution is 0.102. The Balaban J connectivity index is 2.34. The van der Waals surface area contributed by atoms with E-state index in [1.165, 1.54) is 24.5 Å². The van der Waals surface area contributed by atoms with Gasteiger partial charge in [0.05, 0.1) is 0 Å². The average molecular weight is 246 g/mol. The van der Waals surface area contributed by atoms with Crippen LogP contribution in [0.3, 0.4) is 0 Å². The topological polar surface area (TPSA) is 42.9 Å². The number of halogens is 2. The van der Waals surface area contributed by atoms with Gasteiger partial charge >= 0.3 is 0 Å². The number of aromatic nitrogens is 2. The molecule has 5 heteroatoms. The minimum Gasteiger partial charge on any atom is -0.285 e. The van der Waals surface area contributed by atoms with Crippen LogP contribution in [0.5, 0.6) is 0 Å². The molecule has 0 aliphatic carbocycles. The maximum absolute atomic E-state index is 13.0. The molecule has 1 aromatic heterocycles. The molecule has 0 bridgehead atoms. The van der Waals surface area contributed by atoms with Crippen LogP contribution in [0.15, 0.2) is 37.2 Å². The molecule has 90 valence electrons. The van der Waals surface area contributed by atoms with Gasteiger partial charge in [-0.1, -0.05) is 12.7 Å². The maximum Gasteiger partial charge on any atom is 0.230 e. The van der Waals surface area contributed by atoms with Gasteiger partial charge in [-0.2, -0.15) is 0 Å². The summed E-state index contributed by atoms with van der Waals surface area (Å²) in [5, 5.41) is 0. The molecule has 18 heavy (non-hydrogen) atoms. The van der Waals surface area contributed by atoms with Crippen LogP contribution in [0, 0.1) is 11.6 Å². The van der Waals surface area contributed by atoms with E-state index >= 15 is 0 Å². The highest BCUT2D eigenvalue weighted by Gasteiger charge is 2.14. The van der Waals surface area contributed by atoms with Gasteiger partial charge in [0.1, 0.15) is 0 Å². The van der Waals surface area contributed by atoms with Gasteiger partial charge in [-0.15, -0.1) is 0 Å². The van der Waals surface area contributed by atoms with Crippen molar-refractivity contribution in [2.75, 3.05) is 0 Å². The van der Waals surface area contributed by atoms with Gasteiger partial charge in [0.25, 0.3) is 0 Å². The van der Waals surface area contributed by atoms with Crippen LogP contribution in [0.25, 0.3) is 6.08 Å². The lowest BCUT2D eigenvalue weighted by atomic mass is 10.1. The number of hydrogen-bond acceptors (Lipinski definition) is 3. The van der Waals surface area contributed by atoms with Crippen molar-refractivity contribution in [2.24, 2.45) is 0 Å². The molecule has 0 radical (unpaired) electrons. The maximum atomic E-state index is 13.0. The molecule has 0 unspecified atom stereocenters. The van der Waals surface area contributed by atoms with Gasteiger partial charge in [-0.05, 0) is 18.2 Å². The Kier molecular flexibility index (Phi) is 3.23. The number of carbonyl (C=O) groups excluding carboxylic acids is 1. The molecule has 1 heterocycles. The second kappa shape index (κ2) is 4.83. The summed E-state index contributed by atoms with van der Waals surface area (Å²) in [7, 11) is 0. The number of hydrogen-bond donors (Lipinski definition) is 0. The Morgan fingerprint density at radius 3 is 2.39 bits per heavy atom. The molecule has 1 aromatic carbocycles. The highest BCUT2D eigenvalue weighted by Crippen LogP contribution is 2.11. The SMILES string of the molecule is C=Cc1cnc(C(=O)c2ccc(F)c(F)c2)nc1. The van der Waals surface area contributed by atoms with E-state index in [0.29, 0.717) is 5.56 Å². The van der Waals surface area contributed by atoms with E-state index in [-0.39, 0.29) is 11.4 Å². The first-order valence-corrected chi connectivity index (χ1v) is 5.06. The Morgan fingerprint density at radius 1 is 1.17 bits per heavy atom. The Hall–Kier alpha value is -2.43. The highest BCUT2D eigenvalue weighted by atomic mass is 19.2. The molecular weight excluding hydrogens is 238 g/mol. The van der Waals surface area contributed by atoms with Gasteiger partial charge in [0, 0.05) is 23.5 Å². The predicted octanol–water partition coefficient (Wildman–Crippen LogP) is 2.63. The number of rotatable bonds is 3. The molecule has 2 aromatic rings. The van der Waals surface area contributed by atoms with Gasteiger partial charge in [-0.3, -0.25) is 4.79 Å². The first kappa shape index (κ1) is 12.0. The van der Waals surface area contributed by atoms with Gasteiger partial charge in [-0.25, -0.2) is 18.7 Å². The van der Waals surface area contributed by atoms with E-state index < -0.39 is 17.4 Å². The minimum atomic E-state index is -1.08. The van der Waals surface area contributed by atoms with Gasteiger partial charge < -0.3 is 0 Å². The fourth-order valence-electron chi connectivity index (χ4n) is 1.33. The van der Waals surface area contributed by atoms with E-state index in [1.807, 2.05) is 0 Å². The van der Waals surface area contributed by atoms with Gasteiger partial charge in [0.15, 0.2) is 11.6 Å². The number of ketones is 1. The zero-order valence-corrected chi connectivity index (χ0v) is 9.23. The van der Waals surface area contributed by atoms with Crippen LogP contribution in [0.1, 0.15) is 21.7 Å². The Labute approximate surface area is 102 Å². The minimum absolute atomic E-state index is 0.000234. The van der Waals surface area contributed by atoms with Crippen LogP contribution in [-0.2, 0) is 0 Å². The van der Waals surface area contributed by atoms with E-state index in [0.717, 1.165) is 12.1 Å². The summed E-state index contributed by atoms with van der Waals surface area (Å²) in [5.74, 6) is -2.73. The average Bonchev–Trinajstić information content (AvgIpc) is 2.41. The summed E-state index contributed by atoms with van der Waals surface area (Å²) in [6.45, 7) is 3.53. The summed E-state index contributed by atoms with van der Waals surface area (Å²) >= 11 is 0. The van der Waals surface area contributed by atoms with Crippen LogP contribution in [0.2, 0.25) is 0 Å². The second-order valence-corrected chi connectivity index (χ2v) is 3.50. The quantitative estimate of drug-likeness (QED) is 0.782. The molecule has 0 aliphatic rings. The monoisotopic (exact) mass is 246 g/mol. The molecule has 3 nitrogen and oxygen atoms in total. The van der Waals surface area contributed by atoms with E-state index in [1.54, 1.807) is 0 Å². The highest BCUT2D eigenvalue weighted by molar-refractivity contribution is 6.06. The molecule has 0 saturated heterocycles. The molecule has 0 saturated carbocycles. The molecule has 0 amide bonds. The van der Waals surface area contributed by atoms with Gasteiger partial charge in [0.2, 0.25) is 11.6 Å². The molecule has 0 N–H and O–H groups in total. The van der Waals surface area contributed by atoms with Crippen molar-refractivity contribution in [3.05, 3.63) is 65.8 Å². The van der Waals surface area contributed by atoms with Crippen molar-refractivity contribution in [1.82, 2.24) is 9.97 Å². The van der Waals surface area contributed by atoms with E-state index in [2.05, 4.69) is 16.5 Å². The standard InChI is InChI=1S/C13H8F2N2O/c1-2-8-6-16-13(17-7-8)12(18)9-3-4-10(14)11(15)5-9/h2-7H,1H2.